The molecule has 0 aromatic rings. The first kappa shape index (κ1) is 16.1. The van der Waals surface area contributed by atoms with Crippen molar-refractivity contribution in [3.63, 3.8) is 0 Å². The number of likely N-dealkylation sites (tertiary alicyclic amines) is 2. The minimum atomic E-state index is -0.894. The number of carboxylic acids is 1. The maximum absolute atomic E-state index is 12.3. The summed E-state index contributed by atoms with van der Waals surface area (Å²) in [5, 5.41) is 12.3. The first-order valence-corrected chi connectivity index (χ1v) is 7.95. The van der Waals surface area contributed by atoms with Gasteiger partial charge in [-0.2, -0.15) is 0 Å². The quantitative estimate of drug-likeness (QED) is 0.821. The van der Waals surface area contributed by atoms with E-state index in [1.165, 1.54) is 4.90 Å². The number of carbonyl (C=O) groups is 2. The molecule has 21 heavy (non-hydrogen) atoms. The van der Waals surface area contributed by atoms with E-state index in [-0.39, 0.29) is 11.9 Å². The van der Waals surface area contributed by atoms with Gasteiger partial charge in [-0.3, -0.25) is 0 Å². The Hall–Kier alpha value is -1.30. The van der Waals surface area contributed by atoms with Gasteiger partial charge in [0, 0.05) is 19.6 Å². The maximum atomic E-state index is 12.3. The standard InChI is InChI=1S/C15H27N3O3/c1-11-5-3-8-18(13(11)14(19)20)15(21)16-9-12-6-4-7-17(2)10-12/h11-13H,3-10H2,1-2H3,(H,16,21)(H,19,20). The number of hydrogen-bond acceptors (Lipinski definition) is 3. The van der Waals surface area contributed by atoms with Crippen LogP contribution in [0.4, 0.5) is 4.79 Å². The van der Waals surface area contributed by atoms with Crippen molar-refractivity contribution in [3.8, 4) is 0 Å². The van der Waals surface area contributed by atoms with E-state index in [0.29, 0.717) is 19.0 Å². The summed E-state index contributed by atoms with van der Waals surface area (Å²) < 4.78 is 0. The molecule has 0 aromatic carbocycles. The molecule has 6 heteroatoms. The average Bonchev–Trinajstić information content (AvgIpc) is 2.44. The number of aliphatic carboxylic acids is 1. The van der Waals surface area contributed by atoms with Gasteiger partial charge in [-0.05, 0) is 51.1 Å². The molecular formula is C15H27N3O3. The number of hydrogen-bond donors (Lipinski definition) is 2. The van der Waals surface area contributed by atoms with Crippen molar-refractivity contribution in [2.75, 3.05) is 33.2 Å². The number of piperidine rings is 2. The van der Waals surface area contributed by atoms with E-state index in [9.17, 15) is 14.7 Å². The number of urea groups is 1. The Bertz CT molecular complexity index is 388. The maximum Gasteiger partial charge on any atom is 0.326 e. The van der Waals surface area contributed by atoms with Crippen LogP contribution >= 0.6 is 0 Å². The van der Waals surface area contributed by atoms with Crippen LogP contribution in [0, 0.1) is 11.8 Å². The molecule has 0 radical (unpaired) electrons. The Labute approximate surface area is 126 Å². The van der Waals surface area contributed by atoms with E-state index in [0.717, 1.165) is 38.8 Å². The summed E-state index contributed by atoms with van der Waals surface area (Å²) in [6.45, 7) is 5.21. The molecule has 0 saturated carbocycles. The first-order valence-electron chi connectivity index (χ1n) is 7.95. The summed E-state index contributed by atoms with van der Waals surface area (Å²) in [6.07, 6.45) is 4.04. The molecule has 120 valence electrons. The van der Waals surface area contributed by atoms with Crippen LogP contribution in [0.1, 0.15) is 32.6 Å². The third-order valence-electron chi connectivity index (χ3n) is 4.71. The molecule has 6 nitrogen and oxygen atoms in total. The molecule has 2 saturated heterocycles. The fourth-order valence-electron chi connectivity index (χ4n) is 3.57. The summed E-state index contributed by atoms with van der Waals surface area (Å²) >= 11 is 0. The van der Waals surface area contributed by atoms with Crippen LogP contribution in [0.2, 0.25) is 0 Å². The number of amides is 2. The zero-order chi connectivity index (χ0) is 15.4. The van der Waals surface area contributed by atoms with E-state index in [2.05, 4.69) is 17.3 Å². The summed E-state index contributed by atoms with van der Waals surface area (Å²) in [5.74, 6) is -0.407. The van der Waals surface area contributed by atoms with Crippen LogP contribution in [-0.4, -0.2) is 66.2 Å². The van der Waals surface area contributed by atoms with Crippen molar-refractivity contribution in [1.82, 2.24) is 15.1 Å². The highest BCUT2D eigenvalue weighted by atomic mass is 16.4. The molecule has 0 aromatic heterocycles. The lowest BCUT2D eigenvalue weighted by Gasteiger charge is -2.37. The van der Waals surface area contributed by atoms with Gasteiger partial charge in [0.15, 0.2) is 0 Å². The zero-order valence-corrected chi connectivity index (χ0v) is 13.0. The third kappa shape index (κ3) is 4.09. The van der Waals surface area contributed by atoms with Gasteiger partial charge in [0.1, 0.15) is 6.04 Å². The average molecular weight is 297 g/mol. The third-order valence-corrected chi connectivity index (χ3v) is 4.71. The van der Waals surface area contributed by atoms with E-state index < -0.39 is 12.0 Å². The molecule has 0 bridgehead atoms. The van der Waals surface area contributed by atoms with Crippen LogP contribution in [0.5, 0.6) is 0 Å². The predicted molar refractivity (Wildman–Crippen MR) is 80.1 cm³/mol. The molecule has 0 spiro atoms. The predicted octanol–water partition coefficient (Wildman–Crippen LogP) is 1.22. The highest BCUT2D eigenvalue weighted by molar-refractivity contribution is 5.83. The summed E-state index contributed by atoms with van der Waals surface area (Å²) in [5.41, 5.74) is 0. The van der Waals surface area contributed by atoms with Crippen LogP contribution in [-0.2, 0) is 4.79 Å². The molecular weight excluding hydrogens is 270 g/mol. The van der Waals surface area contributed by atoms with Crippen molar-refractivity contribution in [1.29, 1.82) is 0 Å². The number of nitrogens with zero attached hydrogens (tertiary/aromatic N) is 2. The summed E-state index contributed by atoms with van der Waals surface area (Å²) in [6, 6.07) is -0.907. The minimum absolute atomic E-state index is 0.0165. The zero-order valence-electron chi connectivity index (χ0n) is 13.0. The Balaban J connectivity index is 1.87. The van der Waals surface area contributed by atoms with Crippen LogP contribution < -0.4 is 5.32 Å². The van der Waals surface area contributed by atoms with Crippen molar-refractivity contribution in [3.05, 3.63) is 0 Å². The minimum Gasteiger partial charge on any atom is -0.480 e. The second kappa shape index (κ2) is 7.11. The van der Waals surface area contributed by atoms with Crippen LogP contribution in [0.3, 0.4) is 0 Å². The second-order valence-corrected chi connectivity index (χ2v) is 6.55. The molecule has 2 fully saturated rings. The van der Waals surface area contributed by atoms with Crippen molar-refractivity contribution >= 4 is 12.0 Å². The van der Waals surface area contributed by atoms with E-state index in [4.69, 9.17) is 0 Å². The molecule has 3 unspecified atom stereocenters. The van der Waals surface area contributed by atoms with Gasteiger partial charge >= 0.3 is 12.0 Å². The highest BCUT2D eigenvalue weighted by Crippen LogP contribution is 2.23. The van der Waals surface area contributed by atoms with Gasteiger partial charge in [0.25, 0.3) is 0 Å². The molecule has 2 N–H and O–H groups in total. The molecule has 3 atom stereocenters. The Morgan fingerprint density at radius 3 is 2.62 bits per heavy atom. The SMILES string of the molecule is CC1CCCN(C(=O)NCC2CCCN(C)C2)C1C(=O)O. The Morgan fingerprint density at radius 1 is 1.24 bits per heavy atom. The molecule has 2 heterocycles. The van der Waals surface area contributed by atoms with E-state index in [1.54, 1.807) is 0 Å². The number of carboxylic acid groups (broad SMARTS) is 1. The Kier molecular flexibility index (Phi) is 5.45. The van der Waals surface area contributed by atoms with Crippen molar-refractivity contribution in [2.24, 2.45) is 11.8 Å². The monoisotopic (exact) mass is 297 g/mol. The van der Waals surface area contributed by atoms with E-state index >= 15 is 0 Å². The smallest absolute Gasteiger partial charge is 0.326 e. The van der Waals surface area contributed by atoms with Gasteiger partial charge in [0.05, 0.1) is 0 Å². The molecule has 2 rings (SSSR count). The normalized spacial score (nSPS) is 31.0. The van der Waals surface area contributed by atoms with Crippen LogP contribution in [0.25, 0.3) is 0 Å². The molecule has 0 aliphatic carbocycles. The lowest BCUT2D eigenvalue weighted by Crippen LogP contribution is -2.55. The van der Waals surface area contributed by atoms with E-state index in [1.807, 2.05) is 6.92 Å². The summed E-state index contributed by atoms with van der Waals surface area (Å²) in [7, 11) is 2.10. The first-order chi connectivity index (χ1) is 9.99. The summed E-state index contributed by atoms with van der Waals surface area (Å²) in [4.78, 5) is 27.5. The number of rotatable bonds is 3. The van der Waals surface area contributed by atoms with Gasteiger partial charge in [-0.25, -0.2) is 9.59 Å². The second-order valence-electron chi connectivity index (χ2n) is 6.55. The number of carbonyl (C=O) groups excluding carboxylic acids is 1. The molecule has 2 aliphatic heterocycles. The topological polar surface area (TPSA) is 72.9 Å². The van der Waals surface area contributed by atoms with Crippen molar-refractivity contribution < 1.29 is 14.7 Å². The lowest BCUT2D eigenvalue weighted by molar-refractivity contribution is -0.145. The van der Waals surface area contributed by atoms with Gasteiger partial charge < -0.3 is 20.2 Å². The van der Waals surface area contributed by atoms with Crippen molar-refractivity contribution in [2.45, 2.75) is 38.6 Å². The fraction of sp³-hybridized carbons (Fsp3) is 0.867. The highest BCUT2D eigenvalue weighted by Gasteiger charge is 2.37. The largest absolute Gasteiger partial charge is 0.480 e. The van der Waals surface area contributed by atoms with Gasteiger partial charge in [0.2, 0.25) is 0 Å². The van der Waals surface area contributed by atoms with Crippen LogP contribution in [0.15, 0.2) is 0 Å². The fourth-order valence-corrected chi connectivity index (χ4v) is 3.57. The van der Waals surface area contributed by atoms with Gasteiger partial charge in [-0.1, -0.05) is 6.92 Å². The van der Waals surface area contributed by atoms with Gasteiger partial charge in [-0.15, -0.1) is 0 Å². The lowest BCUT2D eigenvalue weighted by atomic mass is 9.91. The number of nitrogens with one attached hydrogen (secondary N) is 1. The molecule has 2 aliphatic rings. The Morgan fingerprint density at radius 2 is 1.95 bits per heavy atom. The molecule has 2 amide bonds.